The Morgan fingerprint density at radius 2 is 1.68 bits per heavy atom. The molecule has 6 nitrogen and oxygen atoms in total. The second kappa shape index (κ2) is 8.55. The van der Waals surface area contributed by atoms with E-state index in [-0.39, 0.29) is 11.5 Å². The van der Waals surface area contributed by atoms with Crippen LogP contribution in [-0.4, -0.2) is 23.9 Å². The Hall–Kier alpha value is -3.36. The first-order valence-corrected chi connectivity index (χ1v) is 8.13. The molecule has 2 amide bonds. The third-order valence-electron chi connectivity index (χ3n) is 3.56. The van der Waals surface area contributed by atoms with Crippen LogP contribution in [0.3, 0.4) is 0 Å². The fourth-order valence-electron chi connectivity index (χ4n) is 2.28. The molecular formula is C19H17F3N2O4. The molecule has 2 aromatic carbocycles. The van der Waals surface area contributed by atoms with Crippen LogP contribution in [0.2, 0.25) is 0 Å². The largest absolute Gasteiger partial charge is 0.449 e. The lowest BCUT2D eigenvalue weighted by atomic mass is 10.1. The first kappa shape index (κ1) is 20.9. The lowest BCUT2D eigenvalue weighted by Crippen LogP contribution is -2.30. The van der Waals surface area contributed by atoms with Crippen LogP contribution in [0.25, 0.3) is 0 Å². The SMILES string of the molecule is CC(=O)Nc1cccc(C(=O)OC(C)C(=O)Nc2ccccc2C(F)(F)F)c1. The quantitative estimate of drug-likeness (QED) is 0.755. The van der Waals surface area contributed by atoms with Gasteiger partial charge in [0.25, 0.3) is 5.91 Å². The highest BCUT2D eigenvalue weighted by atomic mass is 19.4. The van der Waals surface area contributed by atoms with Crippen molar-refractivity contribution in [3.8, 4) is 0 Å². The molecule has 148 valence electrons. The van der Waals surface area contributed by atoms with E-state index in [2.05, 4.69) is 10.6 Å². The Labute approximate surface area is 158 Å². The van der Waals surface area contributed by atoms with Gasteiger partial charge in [-0.25, -0.2) is 4.79 Å². The summed E-state index contributed by atoms with van der Waals surface area (Å²) in [5, 5.41) is 4.61. The van der Waals surface area contributed by atoms with Crippen molar-refractivity contribution in [2.24, 2.45) is 0 Å². The maximum Gasteiger partial charge on any atom is 0.418 e. The number of halogens is 3. The maximum absolute atomic E-state index is 13.0. The fraction of sp³-hybridized carbons (Fsp3) is 0.211. The average Bonchev–Trinajstić information content (AvgIpc) is 2.60. The number of carbonyl (C=O) groups is 3. The van der Waals surface area contributed by atoms with Crippen molar-refractivity contribution in [3.63, 3.8) is 0 Å². The molecular weight excluding hydrogens is 377 g/mol. The summed E-state index contributed by atoms with van der Waals surface area (Å²) in [5.74, 6) is -2.11. The molecule has 1 atom stereocenters. The van der Waals surface area contributed by atoms with Gasteiger partial charge in [-0.15, -0.1) is 0 Å². The van der Waals surface area contributed by atoms with E-state index in [1.165, 1.54) is 44.2 Å². The van der Waals surface area contributed by atoms with Crippen LogP contribution in [0.15, 0.2) is 48.5 Å². The summed E-state index contributed by atoms with van der Waals surface area (Å²) in [7, 11) is 0. The molecule has 0 fully saturated rings. The summed E-state index contributed by atoms with van der Waals surface area (Å²) in [6, 6.07) is 10.3. The summed E-state index contributed by atoms with van der Waals surface area (Å²) in [6.45, 7) is 2.54. The van der Waals surface area contributed by atoms with Gasteiger partial charge in [0.05, 0.1) is 16.8 Å². The van der Waals surface area contributed by atoms with E-state index in [1.54, 1.807) is 6.07 Å². The molecule has 9 heteroatoms. The molecule has 2 N–H and O–H groups in total. The number of rotatable bonds is 5. The van der Waals surface area contributed by atoms with Crippen molar-refractivity contribution < 1.29 is 32.3 Å². The molecule has 0 bridgehead atoms. The van der Waals surface area contributed by atoms with Crippen LogP contribution in [0.1, 0.15) is 29.8 Å². The predicted molar refractivity (Wildman–Crippen MR) is 95.7 cm³/mol. The zero-order valence-corrected chi connectivity index (χ0v) is 15.0. The van der Waals surface area contributed by atoms with Gasteiger partial charge in [0, 0.05) is 12.6 Å². The molecule has 2 aromatic rings. The fourth-order valence-corrected chi connectivity index (χ4v) is 2.28. The molecule has 0 heterocycles. The van der Waals surface area contributed by atoms with Gasteiger partial charge in [-0.1, -0.05) is 18.2 Å². The predicted octanol–water partition coefficient (Wildman–Crippen LogP) is 3.85. The highest BCUT2D eigenvalue weighted by Crippen LogP contribution is 2.34. The van der Waals surface area contributed by atoms with Gasteiger partial charge in [0.15, 0.2) is 6.10 Å². The number of amides is 2. The number of hydrogen-bond donors (Lipinski definition) is 2. The lowest BCUT2D eigenvalue weighted by Gasteiger charge is -2.17. The van der Waals surface area contributed by atoms with Crippen molar-refractivity contribution in [3.05, 3.63) is 59.7 Å². The van der Waals surface area contributed by atoms with Crippen LogP contribution in [0, 0.1) is 0 Å². The minimum Gasteiger partial charge on any atom is -0.449 e. The molecule has 0 saturated heterocycles. The highest BCUT2D eigenvalue weighted by Gasteiger charge is 2.34. The first-order valence-electron chi connectivity index (χ1n) is 8.13. The first-order chi connectivity index (χ1) is 13.1. The van der Waals surface area contributed by atoms with E-state index < -0.39 is 35.4 Å². The van der Waals surface area contributed by atoms with Crippen LogP contribution in [0.5, 0.6) is 0 Å². The summed E-state index contributed by atoms with van der Waals surface area (Å²) >= 11 is 0. The van der Waals surface area contributed by atoms with Gasteiger partial charge in [0.2, 0.25) is 5.91 Å². The minimum atomic E-state index is -4.64. The standard InChI is InChI=1S/C19H17F3N2O4/c1-11(17(26)24-16-9-4-3-8-15(16)19(20,21)22)28-18(27)13-6-5-7-14(10-13)23-12(2)25/h3-11H,1-2H3,(H,23,25)(H,24,26). The van der Waals surface area contributed by atoms with Crippen LogP contribution in [-0.2, 0) is 20.5 Å². The Kier molecular flexibility index (Phi) is 6.40. The minimum absolute atomic E-state index is 0.0709. The average molecular weight is 394 g/mol. The van der Waals surface area contributed by atoms with Gasteiger partial charge in [-0.2, -0.15) is 13.2 Å². The molecule has 2 rings (SSSR count). The van der Waals surface area contributed by atoms with Gasteiger partial charge >= 0.3 is 12.1 Å². The molecule has 0 aromatic heterocycles. The number of alkyl halides is 3. The Morgan fingerprint density at radius 3 is 2.32 bits per heavy atom. The van der Waals surface area contributed by atoms with Crippen molar-refractivity contribution in [1.82, 2.24) is 0 Å². The number of ether oxygens (including phenoxy) is 1. The van der Waals surface area contributed by atoms with Crippen LogP contribution < -0.4 is 10.6 Å². The van der Waals surface area contributed by atoms with E-state index >= 15 is 0 Å². The zero-order valence-electron chi connectivity index (χ0n) is 15.0. The second-order valence-electron chi connectivity index (χ2n) is 5.84. The van der Waals surface area contributed by atoms with Crippen molar-refractivity contribution >= 4 is 29.2 Å². The number of anilines is 2. The topological polar surface area (TPSA) is 84.5 Å². The van der Waals surface area contributed by atoms with Gasteiger partial charge in [-0.05, 0) is 37.3 Å². The van der Waals surface area contributed by atoms with E-state index in [0.717, 1.165) is 12.1 Å². The summed E-state index contributed by atoms with van der Waals surface area (Å²) in [4.78, 5) is 35.4. The molecule has 28 heavy (non-hydrogen) atoms. The van der Waals surface area contributed by atoms with Gasteiger partial charge < -0.3 is 15.4 Å². The van der Waals surface area contributed by atoms with Crippen LogP contribution in [0.4, 0.5) is 24.5 Å². The normalized spacial score (nSPS) is 12.0. The number of nitrogens with one attached hydrogen (secondary N) is 2. The number of esters is 1. The maximum atomic E-state index is 13.0. The zero-order chi connectivity index (χ0) is 20.9. The monoisotopic (exact) mass is 394 g/mol. The molecule has 0 saturated carbocycles. The lowest BCUT2D eigenvalue weighted by molar-refractivity contribution is -0.137. The smallest absolute Gasteiger partial charge is 0.418 e. The van der Waals surface area contributed by atoms with Gasteiger partial charge in [0.1, 0.15) is 0 Å². The van der Waals surface area contributed by atoms with Crippen molar-refractivity contribution in [1.29, 1.82) is 0 Å². The number of hydrogen-bond acceptors (Lipinski definition) is 4. The third-order valence-corrected chi connectivity index (χ3v) is 3.56. The van der Waals surface area contributed by atoms with Gasteiger partial charge in [-0.3, -0.25) is 9.59 Å². The molecule has 0 aliphatic heterocycles. The number of benzene rings is 2. The van der Waals surface area contributed by atoms with Crippen LogP contribution >= 0.6 is 0 Å². The van der Waals surface area contributed by atoms with Crippen molar-refractivity contribution in [2.45, 2.75) is 26.1 Å². The Morgan fingerprint density at radius 1 is 1.00 bits per heavy atom. The van der Waals surface area contributed by atoms with E-state index in [0.29, 0.717) is 5.69 Å². The molecule has 0 spiro atoms. The molecule has 0 aliphatic rings. The third kappa shape index (κ3) is 5.57. The summed E-state index contributed by atoms with van der Waals surface area (Å²) in [5.41, 5.74) is -1.01. The molecule has 0 aliphatic carbocycles. The van der Waals surface area contributed by atoms with Crippen molar-refractivity contribution in [2.75, 3.05) is 10.6 Å². The second-order valence-corrected chi connectivity index (χ2v) is 5.84. The highest BCUT2D eigenvalue weighted by molar-refractivity contribution is 5.98. The number of para-hydroxylation sites is 1. The summed E-state index contributed by atoms with van der Waals surface area (Å²) < 4.78 is 44.0. The van der Waals surface area contributed by atoms with E-state index in [9.17, 15) is 27.6 Å². The Bertz CT molecular complexity index is 897. The van der Waals surface area contributed by atoms with E-state index in [1.807, 2.05) is 0 Å². The molecule has 0 radical (unpaired) electrons. The molecule has 1 unspecified atom stereocenters. The van der Waals surface area contributed by atoms with E-state index in [4.69, 9.17) is 4.74 Å². The Balaban J connectivity index is 2.07. The summed E-state index contributed by atoms with van der Waals surface area (Å²) in [6.07, 6.45) is -5.99. The number of carbonyl (C=O) groups excluding carboxylic acids is 3.